The summed E-state index contributed by atoms with van der Waals surface area (Å²) < 4.78 is 10.7. The van der Waals surface area contributed by atoms with Crippen LogP contribution in [0.3, 0.4) is 0 Å². The molecule has 12 N–H and O–H groups in total. The van der Waals surface area contributed by atoms with Crippen LogP contribution in [0.1, 0.15) is 32.1 Å². The predicted octanol–water partition coefficient (Wildman–Crippen LogP) is -4.04. The fourth-order valence-electron chi connectivity index (χ4n) is 3.51. The first-order valence-corrected chi connectivity index (χ1v) is 17.2. The van der Waals surface area contributed by atoms with Crippen LogP contribution in [0.4, 0.5) is 0 Å². The average molecular weight is 577 g/mol. The van der Waals surface area contributed by atoms with Crippen molar-refractivity contribution >= 4 is 17.6 Å². The van der Waals surface area contributed by atoms with Gasteiger partial charge < -0.3 is 64.8 Å². The molecule has 0 heterocycles. The maximum absolute atomic E-state index is 10.4. The third-order valence-corrected chi connectivity index (χ3v) is 7.34. The molecule has 0 saturated carbocycles. The maximum atomic E-state index is 10.4. The molecule has 0 amide bonds. The lowest BCUT2D eigenvalue weighted by molar-refractivity contribution is -0.0107. The fourth-order valence-corrected chi connectivity index (χ4v) is 4.75. The van der Waals surface area contributed by atoms with Crippen molar-refractivity contribution in [3.8, 4) is 0 Å². The van der Waals surface area contributed by atoms with Gasteiger partial charge in [-0.05, 0) is 38.8 Å². The van der Waals surface area contributed by atoms with Crippen LogP contribution in [-0.4, -0.2) is 152 Å². The first-order valence-electron chi connectivity index (χ1n) is 13.1. The summed E-state index contributed by atoms with van der Waals surface area (Å²) in [4.78, 5) is 56.0. The summed E-state index contributed by atoms with van der Waals surface area (Å²) in [6.07, 6.45) is 1.76. The minimum Gasteiger partial charge on any atom is -0.390 e. The third-order valence-electron chi connectivity index (χ3n) is 5.29. The molecule has 0 aliphatic heterocycles. The van der Waals surface area contributed by atoms with E-state index in [0.717, 1.165) is 45.4 Å². The van der Waals surface area contributed by atoms with Crippen LogP contribution >= 0.6 is 0 Å². The lowest BCUT2D eigenvalue weighted by Crippen LogP contribution is -2.41. The highest BCUT2D eigenvalue weighted by molar-refractivity contribution is 6.56. The van der Waals surface area contributed by atoms with Crippen LogP contribution in [0, 0.1) is 0 Å². The molecule has 0 aromatic carbocycles. The fraction of sp³-hybridized carbons (Fsp3) is 1.00. The van der Waals surface area contributed by atoms with E-state index < -0.39 is 29.8 Å². The SMILES string of the molecule is NCCNCCNCCCCCN(CC(O)COCCC[Si](O)(O)O)CC(O)COCCC[Si](O)(O)O. The van der Waals surface area contributed by atoms with Gasteiger partial charge in [-0.3, -0.25) is 4.90 Å². The summed E-state index contributed by atoms with van der Waals surface area (Å²) in [5.74, 6) is 0. The van der Waals surface area contributed by atoms with Gasteiger partial charge in [0, 0.05) is 64.6 Å². The van der Waals surface area contributed by atoms with Gasteiger partial charge in [-0.25, -0.2) is 0 Å². The zero-order chi connectivity index (χ0) is 28.0. The number of hydrogen-bond acceptors (Lipinski definition) is 14. The summed E-state index contributed by atoms with van der Waals surface area (Å²) in [6.45, 7) is 5.71. The van der Waals surface area contributed by atoms with Gasteiger partial charge in [-0.1, -0.05) is 6.42 Å². The summed E-state index contributed by atoms with van der Waals surface area (Å²) >= 11 is 0. The number of ether oxygens (including phenoxy) is 2. The van der Waals surface area contributed by atoms with Gasteiger partial charge in [-0.2, -0.15) is 0 Å². The molecule has 0 radical (unpaired) electrons. The van der Waals surface area contributed by atoms with Crippen molar-refractivity contribution in [1.29, 1.82) is 0 Å². The maximum Gasteiger partial charge on any atom is 0.492 e. The van der Waals surface area contributed by atoms with Crippen molar-refractivity contribution in [2.45, 2.75) is 56.4 Å². The van der Waals surface area contributed by atoms with Gasteiger partial charge in [0.15, 0.2) is 0 Å². The molecule has 0 fully saturated rings. The van der Waals surface area contributed by atoms with E-state index in [1.165, 1.54) is 0 Å². The molecule has 0 aliphatic rings. The molecule has 0 aromatic rings. The van der Waals surface area contributed by atoms with Gasteiger partial charge >= 0.3 is 17.6 Å². The van der Waals surface area contributed by atoms with Gasteiger partial charge in [0.25, 0.3) is 0 Å². The van der Waals surface area contributed by atoms with E-state index >= 15 is 0 Å². The van der Waals surface area contributed by atoms with Crippen molar-refractivity contribution in [3.05, 3.63) is 0 Å². The first kappa shape index (κ1) is 36.9. The summed E-state index contributed by atoms with van der Waals surface area (Å²) in [7, 11) is -8.16. The standard InChI is InChI=1S/C21H52N4O10Si2/c22-6-8-24-10-9-23-7-2-1-3-11-25(16-20(26)18-34-12-4-14-36(28,29)30)17-21(27)19-35-13-5-15-37(31,32)33/h20-21,23-24,26-33H,1-19,22H2. The second kappa shape index (κ2) is 22.7. The normalized spacial score (nSPS) is 14.4. The Labute approximate surface area is 222 Å². The lowest BCUT2D eigenvalue weighted by atomic mass is 10.2. The highest BCUT2D eigenvalue weighted by Crippen LogP contribution is 2.06. The smallest absolute Gasteiger partial charge is 0.390 e. The molecule has 14 nitrogen and oxygen atoms in total. The molecule has 2 atom stereocenters. The van der Waals surface area contributed by atoms with Crippen LogP contribution in [0.5, 0.6) is 0 Å². The number of nitrogens with zero attached hydrogens (tertiary/aromatic N) is 1. The van der Waals surface area contributed by atoms with Gasteiger partial charge in [0.05, 0.1) is 25.4 Å². The topological polar surface area (TPSA) is 234 Å². The second-order valence-corrected chi connectivity index (χ2v) is 13.4. The number of unbranched alkanes of at least 4 members (excludes halogenated alkanes) is 2. The molecule has 16 heteroatoms. The Bertz CT molecular complexity index is 487. The first-order chi connectivity index (χ1) is 17.4. The largest absolute Gasteiger partial charge is 0.492 e. The van der Waals surface area contributed by atoms with Crippen LogP contribution in [0.25, 0.3) is 0 Å². The van der Waals surface area contributed by atoms with Crippen LogP contribution in [-0.2, 0) is 9.47 Å². The van der Waals surface area contributed by atoms with E-state index in [1.807, 2.05) is 4.90 Å². The van der Waals surface area contributed by atoms with Gasteiger partial charge in [0.2, 0.25) is 0 Å². The van der Waals surface area contributed by atoms with Gasteiger partial charge in [0.1, 0.15) is 0 Å². The van der Waals surface area contributed by atoms with Crippen molar-refractivity contribution < 1.29 is 48.5 Å². The Morgan fingerprint density at radius 3 is 1.59 bits per heavy atom. The van der Waals surface area contributed by atoms with Crippen molar-refractivity contribution in [3.63, 3.8) is 0 Å². The zero-order valence-electron chi connectivity index (χ0n) is 22.0. The molecule has 37 heavy (non-hydrogen) atoms. The molecule has 0 bridgehead atoms. The number of nitrogens with two attached hydrogens (primary N) is 1. The molecule has 2 unspecified atom stereocenters. The summed E-state index contributed by atoms with van der Waals surface area (Å²) in [5, 5.41) is 27.3. The molecule has 224 valence electrons. The molecular weight excluding hydrogens is 524 g/mol. The third kappa shape index (κ3) is 28.7. The molecule has 0 aromatic heterocycles. The molecule has 0 spiro atoms. The Balaban J connectivity index is 4.31. The minimum atomic E-state index is -4.08. The summed E-state index contributed by atoms with van der Waals surface area (Å²) in [5.41, 5.74) is 5.43. The Morgan fingerprint density at radius 1 is 0.649 bits per heavy atom. The van der Waals surface area contributed by atoms with Crippen molar-refractivity contribution in [2.75, 3.05) is 78.8 Å². The predicted molar refractivity (Wildman–Crippen MR) is 142 cm³/mol. The van der Waals surface area contributed by atoms with Crippen LogP contribution < -0.4 is 16.4 Å². The number of aliphatic hydroxyl groups is 2. The lowest BCUT2D eigenvalue weighted by Gasteiger charge is -2.27. The second-order valence-electron chi connectivity index (χ2n) is 9.32. The number of nitrogens with one attached hydrogen (secondary N) is 2. The van der Waals surface area contributed by atoms with Crippen LogP contribution in [0.15, 0.2) is 0 Å². The van der Waals surface area contributed by atoms with Crippen molar-refractivity contribution in [2.24, 2.45) is 5.73 Å². The highest BCUT2D eigenvalue weighted by atomic mass is 28.4. The Kier molecular flexibility index (Phi) is 22.6. The number of hydrogen-bond donors (Lipinski definition) is 11. The monoisotopic (exact) mass is 576 g/mol. The summed E-state index contributed by atoms with van der Waals surface area (Å²) in [6, 6.07) is -0.253. The average Bonchev–Trinajstić information content (AvgIpc) is 2.78. The van der Waals surface area contributed by atoms with Crippen LogP contribution in [0.2, 0.25) is 12.1 Å². The number of rotatable bonds is 27. The quantitative estimate of drug-likeness (QED) is 0.0330. The molecular formula is C21H52N4O10Si2. The van der Waals surface area contributed by atoms with E-state index in [-0.39, 0.29) is 64.4 Å². The van der Waals surface area contributed by atoms with E-state index in [2.05, 4.69) is 10.6 Å². The Morgan fingerprint density at radius 2 is 1.14 bits per heavy atom. The van der Waals surface area contributed by atoms with E-state index in [1.54, 1.807) is 0 Å². The van der Waals surface area contributed by atoms with E-state index in [4.69, 9.17) is 44.0 Å². The van der Waals surface area contributed by atoms with E-state index in [0.29, 0.717) is 13.1 Å². The minimum absolute atomic E-state index is 0.0389. The van der Waals surface area contributed by atoms with E-state index in [9.17, 15) is 10.2 Å². The molecule has 0 aliphatic carbocycles. The van der Waals surface area contributed by atoms with Crippen molar-refractivity contribution in [1.82, 2.24) is 15.5 Å². The Hall–Kier alpha value is -0.126. The number of aliphatic hydroxyl groups excluding tert-OH is 2. The highest BCUT2D eigenvalue weighted by Gasteiger charge is 2.26. The zero-order valence-corrected chi connectivity index (χ0v) is 24.0. The molecule has 0 saturated heterocycles. The van der Waals surface area contributed by atoms with Gasteiger partial charge in [-0.15, -0.1) is 0 Å². The molecule has 0 rings (SSSR count).